The van der Waals surface area contributed by atoms with Gasteiger partial charge in [0.1, 0.15) is 18.5 Å². The third kappa shape index (κ3) is 7.11. The van der Waals surface area contributed by atoms with Crippen LogP contribution in [0, 0.1) is 0 Å². The molecule has 0 fully saturated rings. The summed E-state index contributed by atoms with van der Waals surface area (Å²) < 4.78 is 5.66. The predicted molar refractivity (Wildman–Crippen MR) is 83.2 cm³/mol. The molecule has 1 rings (SSSR count). The fraction of sp³-hybridized carbons (Fsp3) is 0.562. The molecule has 0 heterocycles. The molecule has 5 nitrogen and oxygen atoms in total. The third-order valence-electron chi connectivity index (χ3n) is 2.96. The zero-order chi connectivity index (χ0) is 15.7. The molecule has 0 spiro atoms. The van der Waals surface area contributed by atoms with Crippen molar-refractivity contribution in [1.29, 1.82) is 0 Å². The van der Waals surface area contributed by atoms with E-state index in [0.717, 1.165) is 5.56 Å². The number of hydrogen-bond donors (Lipinski definition) is 3. The summed E-state index contributed by atoms with van der Waals surface area (Å²) in [6.07, 6.45) is -0.103. The Labute approximate surface area is 126 Å². The van der Waals surface area contributed by atoms with Gasteiger partial charge in [-0.2, -0.15) is 0 Å². The lowest BCUT2D eigenvalue weighted by molar-refractivity contribution is -0.120. The van der Waals surface area contributed by atoms with Gasteiger partial charge in [0.2, 0.25) is 5.91 Å². The molecule has 0 saturated carbocycles. The molecule has 0 radical (unpaired) electrons. The van der Waals surface area contributed by atoms with Gasteiger partial charge in [-0.3, -0.25) is 4.79 Å². The van der Waals surface area contributed by atoms with Crippen molar-refractivity contribution in [2.45, 2.75) is 45.9 Å². The van der Waals surface area contributed by atoms with Crippen LogP contribution in [0.15, 0.2) is 24.3 Å². The Morgan fingerprint density at radius 1 is 1.33 bits per heavy atom. The number of ether oxygens (including phenoxy) is 1. The molecule has 0 aliphatic heterocycles. The van der Waals surface area contributed by atoms with E-state index in [1.54, 1.807) is 0 Å². The maximum atomic E-state index is 11.3. The maximum Gasteiger partial charge on any atom is 0.219 e. The molecule has 1 aromatic rings. The van der Waals surface area contributed by atoms with Crippen molar-refractivity contribution in [1.82, 2.24) is 10.6 Å². The van der Waals surface area contributed by atoms with Crippen LogP contribution in [-0.2, 0) is 11.3 Å². The van der Waals surface area contributed by atoms with Gasteiger partial charge in [-0.05, 0) is 6.07 Å². The van der Waals surface area contributed by atoms with E-state index in [2.05, 4.69) is 10.6 Å². The Balaban J connectivity index is 2.48. The van der Waals surface area contributed by atoms with Gasteiger partial charge in [-0.15, -0.1) is 0 Å². The molecular weight excluding hydrogens is 268 g/mol. The molecule has 0 aliphatic rings. The van der Waals surface area contributed by atoms with Gasteiger partial charge < -0.3 is 20.5 Å². The zero-order valence-corrected chi connectivity index (χ0v) is 13.1. The first kappa shape index (κ1) is 17.5. The number of carbonyl (C=O) groups excluding carboxylic acids is 1. The van der Waals surface area contributed by atoms with Crippen molar-refractivity contribution in [2.75, 3.05) is 13.2 Å². The van der Waals surface area contributed by atoms with Gasteiger partial charge in [0.05, 0.1) is 0 Å². The van der Waals surface area contributed by atoms with Crippen LogP contribution in [-0.4, -0.2) is 36.3 Å². The first-order valence-electron chi connectivity index (χ1n) is 7.41. The Hall–Kier alpha value is -1.59. The second kappa shape index (κ2) is 9.37. The average Bonchev–Trinajstić information content (AvgIpc) is 2.49. The molecule has 1 aromatic carbocycles. The van der Waals surface area contributed by atoms with Crippen molar-refractivity contribution < 1.29 is 14.6 Å². The van der Waals surface area contributed by atoms with Crippen LogP contribution < -0.4 is 15.4 Å². The summed E-state index contributed by atoms with van der Waals surface area (Å²) in [7, 11) is 0. The Morgan fingerprint density at radius 2 is 2.05 bits per heavy atom. The van der Waals surface area contributed by atoms with E-state index >= 15 is 0 Å². The smallest absolute Gasteiger partial charge is 0.219 e. The first-order chi connectivity index (χ1) is 10.0. The van der Waals surface area contributed by atoms with Gasteiger partial charge in [0.15, 0.2) is 0 Å². The number of para-hydroxylation sites is 1. The lowest BCUT2D eigenvalue weighted by Gasteiger charge is -2.17. The van der Waals surface area contributed by atoms with Crippen LogP contribution in [0.1, 0.15) is 32.8 Å². The van der Waals surface area contributed by atoms with Crippen molar-refractivity contribution in [3.63, 3.8) is 0 Å². The molecule has 118 valence electrons. The summed E-state index contributed by atoms with van der Waals surface area (Å²) in [6.45, 7) is 7.02. The molecule has 0 aliphatic carbocycles. The molecule has 5 heteroatoms. The molecule has 1 atom stereocenters. The summed E-state index contributed by atoms with van der Waals surface area (Å²) in [5, 5.41) is 15.8. The van der Waals surface area contributed by atoms with Crippen molar-refractivity contribution in [3.8, 4) is 5.75 Å². The van der Waals surface area contributed by atoms with Crippen LogP contribution in [0.5, 0.6) is 5.75 Å². The molecule has 0 aromatic heterocycles. The Kier molecular flexibility index (Phi) is 7.79. The highest BCUT2D eigenvalue weighted by Gasteiger charge is 2.09. The number of carbonyl (C=O) groups is 1. The molecule has 0 saturated heterocycles. The number of rotatable bonds is 9. The minimum atomic E-state index is -0.564. The molecule has 1 amide bonds. The summed E-state index contributed by atoms with van der Waals surface area (Å²) in [5.41, 5.74) is 0.906. The van der Waals surface area contributed by atoms with E-state index in [4.69, 9.17) is 4.74 Å². The van der Waals surface area contributed by atoms with Crippen LogP contribution >= 0.6 is 0 Å². The number of benzene rings is 1. The Morgan fingerprint density at radius 3 is 2.71 bits per heavy atom. The van der Waals surface area contributed by atoms with Gasteiger partial charge in [0, 0.05) is 31.1 Å². The lowest BCUT2D eigenvalue weighted by atomic mass is 10.2. The van der Waals surface area contributed by atoms with E-state index in [0.29, 0.717) is 31.3 Å². The standard InChI is InChI=1S/C16H26N2O3/c1-4-16(20)18-9-13-7-5-6-8-15(13)21-11-14(19)10-17-12(2)3/h5-8,12,14,17,19H,4,9-11H2,1-3H3,(H,18,20)/t14-/m1/s1. The minimum Gasteiger partial charge on any atom is -0.490 e. The minimum absolute atomic E-state index is 0.00553. The molecule has 0 bridgehead atoms. The van der Waals surface area contributed by atoms with Gasteiger partial charge in [-0.1, -0.05) is 39.0 Å². The van der Waals surface area contributed by atoms with E-state index in [9.17, 15) is 9.90 Å². The van der Waals surface area contributed by atoms with E-state index in [1.807, 2.05) is 45.0 Å². The monoisotopic (exact) mass is 294 g/mol. The predicted octanol–water partition coefficient (Wildman–Crippen LogP) is 1.45. The maximum absolute atomic E-state index is 11.3. The largest absolute Gasteiger partial charge is 0.490 e. The fourth-order valence-electron chi connectivity index (χ4n) is 1.73. The zero-order valence-electron chi connectivity index (χ0n) is 13.1. The van der Waals surface area contributed by atoms with E-state index < -0.39 is 6.10 Å². The second-order valence-electron chi connectivity index (χ2n) is 5.27. The highest BCUT2D eigenvalue weighted by molar-refractivity contribution is 5.75. The SMILES string of the molecule is CCC(=O)NCc1ccccc1OC[C@H](O)CNC(C)C. The molecule has 3 N–H and O–H groups in total. The average molecular weight is 294 g/mol. The van der Waals surface area contributed by atoms with Crippen molar-refractivity contribution >= 4 is 5.91 Å². The van der Waals surface area contributed by atoms with Crippen molar-refractivity contribution in [3.05, 3.63) is 29.8 Å². The summed E-state index contributed by atoms with van der Waals surface area (Å²) in [4.78, 5) is 11.3. The highest BCUT2D eigenvalue weighted by Crippen LogP contribution is 2.17. The number of aliphatic hydroxyl groups excluding tert-OH is 1. The molecular formula is C16H26N2O3. The first-order valence-corrected chi connectivity index (χ1v) is 7.41. The van der Waals surface area contributed by atoms with Crippen molar-refractivity contribution in [2.24, 2.45) is 0 Å². The number of nitrogens with one attached hydrogen (secondary N) is 2. The summed E-state index contributed by atoms with van der Waals surface area (Å²) >= 11 is 0. The van der Waals surface area contributed by atoms with E-state index in [-0.39, 0.29) is 12.5 Å². The number of hydrogen-bond acceptors (Lipinski definition) is 4. The van der Waals surface area contributed by atoms with E-state index in [1.165, 1.54) is 0 Å². The van der Waals surface area contributed by atoms with Crippen LogP contribution in [0.4, 0.5) is 0 Å². The van der Waals surface area contributed by atoms with Crippen LogP contribution in [0.3, 0.4) is 0 Å². The fourth-order valence-corrected chi connectivity index (χ4v) is 1.73. The number of aliphatic hydroxyl groups is 1. The number of amides is 1. The lowest BCUT2D eigenvalue weighted by Crippen LogP contribution is -2.35. The van der Waals surface area contributed by atoms with Gasteiger partial charge in [-0.25, -0.2) is 0 Å². The highest BCUT2D eigenvalue weighted by atomic mass is 16.5. The van der Waals surface area contributed by atoms with Crippen LogP contribution in [0.25, 0.3) is 0 Å². The summed E-state index contributed by atoms with van der Waals surface area (Å²) in [5.74, 6) is 0.698. The Bertz CT molecular complexity index is 435. The quantitative estimate of drug-likeness (QED) is 0.645. The normalized spacial score (nSPS) is 12.2. The topological polar surface area (TPSA) is 70.6 Å². The molecule has 21 heavy (non-hydrogen) atoms. The summed E-state index contributed by atoms with van der Waals surface area (Å²) in [6, 6.07) is 7.85. The van der Waals surface area contributed by atoms with Gasteiger partial charge >= 0.3 is 0 Å². The van der Waals surface area contributed by atoms with Gasteiger partial charge in [0.25, 0.3) is 0 Å². The second-order valence-corrected chi connectivity index (χ2v) is 5.27. The third-order valence-corrected chi connectivity index (χ3v) is 2.96. The van der Waals surface area contributed by atoms with Crippen LogP contribution in [0.2, 0.25) is 0 Å². The molecule has 0 unspecified atom stereocenters.